The molecule has 40 heavy (non-hydrogen) atoms. The number of thiophene rings is 1. The molecule has 2 aromatic carbocycles. The van der Waals surface area contributed by atoms with Crippen LogP contribution in [0.2, 0.25) is 0 Å². The Morgan fingerprint density at radius 1 is 1.18 bits per heavy atom. The molecule has 7 nitrogen and oxygen atoms in total. The summed E-state index contributed by atoms with van der Waals surface area (Å²) < 4.78 is 0. The van der Waals surface area contributed by atoms with Crippen LogP contribution in [0, 0.1) is 6.92 Å². The Kier molecular flexibility index (Phi) is 11.0. The lowest BCUT2D eigenvalue weighted by molar-refractivity contribution is -0.148. The molecule has 0 spiro atoms. The maximum absolute atomic E-state index is 13.1. The summed E-state index contributed by atoms with van der Waals surface area (Å²) in [7, 11) is 3.50. The van der Waals surface area contributed by atoms with Gasteiger partial charge in [0, 0.05) is 37.0 Å². The Morgan fingerprint density at radius 3 is 2.58 bits per heavy atom. The molecule has 2 N–H and O–H groups in total. The quantitative estimate of drug-likeness (QED) is 0.395. The fraction of sp³-hybridized carbons (Fsp3) is 0.406. The van der Waals surface area contributed by atoms with E-state index in [-0.39, 0.29) is 23.3 Å². The fourth-order valence-electron chi connectivity index (χ4n) is 4.38. The molecule has 0 bridgehead atoms. The van der Waals surface area contributed by atoms with Gasteiger partial charge in [0.1, 0.15) is 12.1 Å². The van der Waals surface area contributed by atoms with Crippen LogP contribution in [0.15, 0.2) is 72.1 Å². The summed E-state index contributed by atoms with van der Waals surface area (Å²) in [6, 6.07) is 17.6. The smallest absolute Gasteiger partial charge is 0.246 e. The number of carbonyl (C=O) groups excluding carboxylic acids is 3. The summed E-state index contributed by atoms with van der Waals surface area (Å²) in [6.45, 7) is 8.79. The summed E-state index contributed by atoms with van der Waals surface area (Å²) in [5.41, 5.74) is 1.22. The highest BCUT2D eigenvalue weighted by atomic mass is 32.1. The Labute approximate surface area is 242 Å². The first-order chi connectivity index (χ1) is 19.0. The normalized spacial score (nSPS) is 16.3. The van der Waals surface area contributed by atoms with Crippen LogP contribution in [0.5, 0.6) is 0 Å². The zero-order valence-corrected chi connectivity index (χ0v) is 25.3. The monoisotopic (exact) mass is 562 g/mol. The average molecular weight is 563 g/mol. The number of rotatable bonds is 8. The van der Waals surface area contributed by atoms with E-state index in [1.807, 2.05) is 44.5 Å². The summed E-state index contributed by atoms with van der Waals surface area (Å²) in [5, 5.41) is 10.6. The predicted octanol–water partition coefficient (Wildman–Crippen LogP) is 4.56. The number of nitrogens with one attached hydrogen (secondary N) is 2. The molecule has 3 amide bonds. The lowest BCUT2D eigenvalue weighted by Crippen LogP contribution is -2.61. The predicted molar refractivity (Wildman–Crippen MR) is 164 cm³/mol. The maximum Gasteiger partial charge on any atom is 0.246 e. The molecule has 0 saturated carbocycles. The highest BCUT2D eigenvalue weighted by Gasteiger charge is 2.36. The van der Waals surface area contributed by atoms with E-state index in [0.29, 0.717) is 25.9 Å². The lowest BCUT2D eigenvalue weighted by Gasteiger charge is -2.38. The van der Waals surface area contributed by atoms with E-state index >= 15 is 0 Å². The van der Waals surface area contributed by atoms with Gasteiger partial charge in [-0.25, -0.2) is 0 Å². The summed E-state index contributed by atoms with van der Waals surface area (Å²) in [5.74, 6) is -0.580. The van der Waals surface area contributed by atoms with Crippen LogP contribution < -0.4 is 10.6 Å². The number of fused-ring (bicyclic) bond motifs is 1. The van der Waals surface area contributed by atoms with Gasteiger partial charge >= 0.3 is 0 Å². The second-order valence-electron chi connectivity index (χ2n) is 10.8. The first kappa shape index (κ1) is 31.0. The molecule has 1 saturated heterocycles. The summed E-state index contributed by atoms with van der Waals surface area (Å²) in [4.78, 5) is 42.2. The van der Waals surface area contributed by atoms with E-state index < -0.39 is 12.1 Å². The number of carbonyl (C=O) groups is 3. The van der Waals surface area contributed by atoms with Crippen LogP contribution in [0.1, 0.15) is 37.6 Å². The summed E-state index contributed by atoms with van der Waals surface area (Å²) in [6.07, 6.45) is 4.51. The maximum atomic E-state index is 13.1. The van der Waals surface area contributed by atoms with Gasteiger partial charge in [0.25, 0.3) is 0 Å². The zero-order valence-electron chi connectivity index (χ0n) is 24.4. The SMILES string of the molecule is CNC(C)(C)C/C=C/C(=O)N(C)[C@H](C)C(=O)N1CCNC(=O)C1Cc1cccs1.Cc1ccc2ccccc2c1. The van der Waals surface area contributed by atoms with Crippen LogP contribution in [0.3, 0.4) is 0 Å². The molecule has 1 aliphatic heterocycles. The van der Waals surface area contributed by atoms with Crippen molar-refractivity contribution >= 4 is 39.8 Å². The molecular weight excluding hydrogens is 520 g/mol. The molecule has 1 aromatic heterocycles. The van der Waals surface area contributed by atoms with Crippen molar-refractivity contribution in [3.8, 4) is 0 Å². The highest BCUT2D eigenvalue weighted by Crippen LogP contribution is 2.18. The molecule has 1 unspecified atom stereocenters. The average Bonchev–Trinajstić information content (AvgIpc) is 3.46. The van der Waals surface area contributed by atoms with Gasteiger partial charge in [0.15, 0.2) is 0 Å². The van der Waals surface area contributed by atoms with E-state index in [4.69, 9.17) is 0 Å². The Morgan fingerprint density at radius 2 is 1.90 bits per heavy atom. The van der Waals surface area contributed by atoms with Gasteiger partial charge < -0.3 is 20.4 Å². The van der Waals surface area contributed by atoms with Crippen molar-refractivity contribution in [2.45, 2.75) is 58.2 Å². The number of hydrogen-bond acceptors (Lipinski definition) is 5. The van der Waals surface area contributed by atoms with E-state index in [9.17, 15) is 14.4 Å². The van der Waals surface area contributed by atoms with Crippen molar-refractivity contribution in [3.63, 3.8) is 0 Å². The van der Waals surface area contributed by atoms with Gasteiger partial charge in [0.05, 0.1) is 0 Å². The van der Waals surface area contributed by atoms with E-state index in [2.05, 4.69) is 60.0 Å². The van der Waals surface area contributed by atoms with Gasteiger partial charge in [-0.2, -0.15) is 0 Å². The molecule has 1 fully saturated rings. The van der Waals surface area contributed by atoms with Gasteiger partial charge in [-0.3, -0.25) is 14.4 Å². The van der Waals surface area contributed by atoms with Crippen molar-refractivity contribution in [2.24, 2.45) is 0 Å². The third-order valence-corrected chi connectivity index (χ3v) is 8.24. The molecule has 0 aliphatic carbocycles. The molecule has 2 heterocycles. The second kappa shape index (κ2) is 14.2. The topological polar surface area (TPSA) is 81.8 Å². The Balaban J connectivity index is 0.000000330. The minimum atomic E-state index is -0.652. The first-order valence-corrected chi connectivity index (χ1v) is 14.6. The molecule has 1 aliphatic rings. The van der Waals surface area contributed by atoms with Gasteiger partial charge in [-0.05, 0) is 69.5 Å². The second-order valence-corrected chi connectivity index (χ2v) is 11.9. The van der Waals surface area contributed by atoms with Crippen molar-refractivity contribution in [3.05, 3.63) is 82.6 Å². The lowest BCUT2D eigenvalue weighted by atomic mass is 10.0. The summed E-state index contributed by atoms with van der Waals surface area (Å²) >= 11 is 1.57. The number of piperazine rings is 1. The van der Waals surface area contributed by atoms with Crippen LogP contribution in [0.4, 0.5) is 0 Å². The molecule has 8 heteroatoms. The van der Waals surface area contributed by atoms with Gasteiger partial charge in [0.2, 0.25) is 17.7 Å². The number of nitrogens with zero attached hydrogens (tertiary/aromatic N) is 2. The zero-order chi connectivity index (χ0) is 29.3. The van der Waals surface area contributed by atoms with Gasteiger partial charge in [-0.15, -0.1) is 11.3 Å². The first-order valence-electron chi connectivity index (χ1n) is 13.7. The minimum Gasteiger partial charge on any atom is -0.353 e. The Hall–Kier alpha value is -3.49. The van der Waals surface area contributed by atoms with Crippen LogP contribution >= 0.6 is 11.3 Å². The molecule has 3 aromatic rings. The van der Waals surface area contributed by atoms with Crippen molar-refractivity contribution in [1.29, 1.82) is 0 Å². The third kappa shape index (κ3) is 8.50. The Bertz CT molecular complexity index is 1320. The molecule has 2 atom stereocenters. The molecule has 214 valence electrons. The molecular formula is C32H42N4O3S. The van der Waals surface area contributed by atoms with Gasteiger partial charge in [-0.1, -0.05) is 60.2 Å². The fourth-order valence-corrected chi connectivity index (χ4v) is 5.12. The molecule has 4 rings (SSSR count). The number of benzene rings is 2. The minimum absolute atomic E-state index is 0.104. The number of likely N-dealkylation sites (N-methyl/N-ethyl adjacent to an activating group) is 1. The van der Waals surface area contributed by atoms with Crippen LogP contribution in [-0.4, -0.2) is 72.3 Å². The number of aryl methyl sites for hydroxylation is 1. The standard InChI is InChI=1S/C21H32N4O3S.C11H10/c1-15(24(5)18(26)9-6-10-21(2,3)22-4)20(28)25-12-11-23-19(27)17(25)14-16-8-7-13-29-16;1-9-6-7-10-4-2-3-5-11(10)8-9/h6-9,13,15,17,22H,10-12,14H2,1-5H3,(H,23,27);2-8H,1H3/b9-6+;/t15-,17?;/m1./s1. The third-order valence-electron chi connectivity index (χ3n) is 7.34. The number of hydrogen-bond donors (Lipinski definition) is 2. The van der Waals surface area contributed by atoms with E-state index in [1.165, 1.54) is 27.3 Å². The van der Waals surface area contributed by atoms with Crippen molar-refractivity contribution < 1.29 is 14.4 Å². The number of amides is 3. The van der Waals surface area contributed by atoms with E-state index in [1.54, 1.807) is 30.2 Å². The highest BCUT2D eigenvalue weighted by molar-refractivity contribution is 7.09. The van der Waals surface area contributed by atoms with E-state index in [0.717, 1.165) is 4.88 Å². The van der Waals surface area contributed by atoms with Crippen LogP contribution in [0.25, 0.3) is 10.8 Å². The largest absolute Gasteiger partial charge is 0.353 e. The molecule has 0 radical (unpaired) electrons. The van der Waals surface area contributed by atoms with Crippen LogP contribution in [-0.2, 0) is 20.8 Å². The van der Waals surface area contributed by atoms with Crippen molar-refractivity contribution in [2.75, 3.05) is 27.2 Å². The van der Waals surface area contributed by atoms with Crippen molar-refractivity contribution in [1.82, 2.24) is 20.4 Å².